The van der Waals surface area contributed by atoms with Crippen LogP contribution in [0.25, 0.3) is 0 Å². The van der Waals surface area contributed by atoms with Crippen molar-refractivity contribution in [1.29, 1.82) is 0 Å². The van der Waals surface area contributed by atoms with Gasteiger partial charge in [-0.1, -0.05) is 6.92 Å². The highest BCUT2D eigenvalue weighted by molar-refractivity contribution is 5.80. The molecule has 0 aromatic carbocycles. The van der Waals surface area contributed by atoms with Crippen molar-refractivity contribution in [3.8, 4) is 0 Å². The smallest absolute Gasteiger partial charge is 0.128 e. The molecule has 0 aliphatic heterocycles. The lowest BCUT2D eigenvalue weighted by Crippen LogP contribution is -2.41. The number of rotatable bonds is 3. The molecule has 2 aliphatic rings. The van der Waals surface area contributed by atoms with Gasteiger partial charge in [-0.25, -0.2) is 9.38 Å². The van der Waals surface area contributed by atoms with E-state index in [0.29, 0.717) is 17.5 Å². The zero-order valence-corrected chi connectivity index (χ0v) is 12.3. The Kier molecular flexibility index (Phi) is 3.52. The molecular formula is C15H25FN2. The Morgan fingerprint density at radius 2 is 1.83 bits per heavy atom. The lowest BCUT2D eigenvalue weighted by atomic mass is 9.57. The van der Waals surface area contributed by atoms with E-state index in [1.165, 1.54) is 12.8 Å². The lowest BCUT2D eigenvalue weighted by molar-refractivity contribution is 0.0335. The molecule has 0 N–H and O–H groups in total. The van der Waals surface area contributed by atoms with Crippen LogP contribution in [0.2, 0.25) is 0 Å². The number of halogens is 1. The van der Waals surface area contributed by atoms with E-state index >= 15 is 0 Å². The second-order valence-electron chi connectivity index (χ2n) is 6.21. The van der Waals surface area contributed by atoms with Gasteiger partial charge in [0.25, 0.3) is 0 Å². The van der Waals surface area contributed by atoms with Crippen molar-refractivity contribution in [3.63, 3.8) is 0 Å². The molecule has 2 atom stereocenters. The highest BCUT2D eigenvalue weighted by atomic mass is 19.1. The fourth-order valence-electron chi connectivity index (χ4n) is 3.18. The Morgan fingerprint density at radius 1 is 1.22 bits per heavy atom. The van der Waals surface area contributed by atoms with E-state index in [1.54, 1.807) is 0 Å². The van der Waals surface area contributed by atoms with Gasteiger partial charge in [0.15, 0.2) is 0 Å². The minimum absolute atomic E-state index is 0.0601. The largest absolute Gasteiger partial charge is 0.366 e. The summed E-state index contributed by atoms with van der Waals surface area (Å²) in [4.78, 5) is 6.34. The van der Waals surface area contributed by atoms with E-state index in [0.717, 1.165) is 18.7 Å². The number of aliphatic imine (C=N–C) groups is 1. The standard InChI is InChI=1S/C15H25FN2/c1-10-8-9-15(10,13-6-7-13)14(16)11(2)17-12(3)18(4)5/h10,13H,6-9H2,1-5H3/b14-11+,17-12+. The minimum Gasteiger partial charge on any atom is -0.366 e. The summed E-state index contributed by atoms with van der Waals surface area (Å²) in [5, 5.41) is 0. The van der Waals surface area contributed by atoms with Crippen LogP contribution in [0.1, 0.15) is 46.5 Å². The molecule has 0 bridgehead atoms. The Labute approximate surface area is 110 Å². The Balaban J connectivity index is 2.28. The van der Waals surface area contributed by atoms with Crippen LogP contribution in [0.15, 0.2) is 16.5 Å². The summed E-state index contributed by atoms with van der Waals surface area (Å²) < 4.78 is 14.8. The molecule has 2 aliphatic carbocycles. The van der Waals surface area contributed by atoms with Crippen LogP contribution in [-0.2, 0) is 0 Å². The van der Waals surface area contributed by atoms with Gasteiger partial charge in [-0.15, -0.1) is 0 Å². The fraction of sp³-hybridized carbons (Fsp3) is 0.800. The van der Waals surface area contributed by atoms with Gasteiger partial charge in [-0.2, -0.15) is 0 Å². The molecular weight excluding hydrogens is 227 g/mol. The minimum atomic E-state index is -0.166. The van der Waals surface area contributed by atoms with Crippen molar-refractivity contribution < 1.29 is 4.39 Å². The first-order chi connectivity index (χ1) is 8.39. The van der Waals surface area contributed by atoms with Crippen molar-refractivity contribution in [2.45, 2.75) is 46.5 Å². The van der Waals surface area contributed by atoms with Gasteiger partial charge in [0.1, 0.15) is 11.7 Å². The fourth-order valence-corrected chi connectivity index (χ4v) is 3.18. The van der Waals surface area contributed by atoms with Crippen molar-refractivity contribution >= 4 is 5.84 Å². The highest BCUT2D eigenvalue weighted by Gasteiger charge is 2.57. The predicted molar refractivity (Wildman–Crippen MR) is 74.2 cm³/mol. The topological polar surface area (TPSA) is 15.6 Å². The first-order valence-electron chi connectivity index (χ1n) is 6.99. The van der Waals surface area contributed by atoms with Gasteiger partial charge in [0.05, 0.1) is 5.70 Å². The first-order valence-corrected chi connectivity index (χ1v) is 6.99. The van der Waals surface area contributed by atoms with E-state index in [1.807, 2.05) is 32.8 Å². The van der Waals surface area contributed by atoms with Crippen LogP contribution < -0.4 is 0 Å². The van der Waals surface area contributed by atoms with Gasteiger partial charge in [0.2, 0.25) is 0 Å². The van der Waals surface area contributed by atoms with E-state index in [4.69, 9.17) is 0 Å². The van der Waals surface area contributed by atoms with Crippen LogP contribution in [0.4, 0.5) is 4.39 Å². The van der Waals surface area contributed by atoms with Crippen LogP contribution in [0.3, 0.4) is 0 Å². The summed E-state index contributed by atoms with van der Waals surface area (Å²) in [5.74, 6) is 1.98. The molecule has 0 saturated heterocycles. The molecule has 2 nitrogen and oxygen atoms in total. The maximum Gasteiger partial charge on any atom is 0.128 e. The zero-order valence-electron chi connectivity index (χ0n) is 12.3. The first kappa shape index (κ1) is 13.6. The summed E-state index contributed by atoms with van der Waals surface area (Å²) >= 11 is 0. The van der Waals surface area contributed by atoms with Crippen LogP contribution in [0.5, 0.6) is 0 Å². The van der Waals surface area contributed by atoms with Gasteiger partial charge in [0, 0.05) is 19.5 Å². The van der Waals surface area contributed by atoms with Crippen molar-refractivity contribution in [2.75, 3.05) is 14.1 Å². The van der Waals surface area contributed by atoms with Crippen molar-refractivity contribution in [1.82, 2.24) is 4.90 Å². The Morgan fingerprint density at radius 3 is 2.17 bits per heavy atom. The van der Waals surface area contributed by atoms with Gasteiger partial charge < -0.3 is 4.90 Å². The normalized spacial score (nSPS) is 33.9. The summed E-state index contributed by atoms with van der Waals surface area (Å²) in [6.07, 6.45) is 4.56. The molecule has 0 aromatic heterocycles. The van der Waals surface area contributed by atoms with Crippen molar-refractivity contribution in [2.24, 2.45) is 22.2 Å². The lowest BCUT2D eigenvalue weighted by Gasteiger charge is -2.48. The third kappa shape index (κ3) is 2.08. The number of hydrogen-bond acceptors (Lipinski definition) is 1. The molecule has 0 spiro atoms. The zero-order chi connectivity index (χ0) is 13.5. The number of hydrogen-bond donors (Lipinski definition) is 0. The second-order valence-corrected chi connectivity index (χ2v) is 6.21. The molecule has 102 valence electrons. The molecule has 0 radical (unpaired) electrons. The molecule has 0 aromatic rings. The maximum absolute atomic E-state index is 14.8. The number of nitrogens with zero attached hydrogens (tertiary/aromatic N) is 2. The third-order valence-electron chi connectivity index (χ3n) is 4.88. The maximum atomic E-state index is 14.8. The van der Waals surface area contributed by atoms with Gasteiger partial charge in [-0.3, -0.25) is 0 Å². The average molecular weight is 252 g/mol. The van der Waals surface area contributed by atoms with Gasteiger partial charge >= 0.3 is 0 Å². The summed E-state index contributed by atoms with van der Waals surface area (Å²) in [6.45, 7) is 5.93. The second kappa shape index (κ2) is 4.67. The summed E-state index contributed by atoms with van der Waals surface area (Å²) in [6, 6.07) is 0. The molecule has 0 heterocycles. The molecule has 2 unspecified atom stereocenters. The van der Waals surface area contributed by atoms with Crippen LogP contribution in [0, 0.1) is 17.3 Å². The van der Waals surface area contributed by atoms with E-state index in [9.17, 15) is 4.39 Å². The summed E-state index contributed by atoms with van der Waals surface area (Å²) in [5.41, 5.74) is 0.417. The summed E-state index contributed by atoms with van der Waals surface area (Å²) in [7, 11) is 3.87. The quantitative estimate of drug-likeness (QED) is 0.547. The SMILES string of the molecule is C/C(=N\C(C)=C(\F)C1(C2CC2)CCC1C)N(C)C. The Hall–Kier alpha value is -0.860. The van der Waals surface area contributed by atoms with Crippen LogP contribution in [-0.4, -0.2) is 24.8 Å². The Bertz CT molecular complexity index is 389. The molecule has 0 amide bonds. The number of amidine groups is 1. The highest BCUT2D eigenvalue weighted by Crippen LogP contribution is 2.64. The monoisotopic (exact) mass is 252 g/mol. The predicted octanol–water partition coefficient (Wildman–Crippen LogP) is 3.99. The molecule has 2 rings (SSSR count). The average Bonchev–Trinajstić information content (AvgIpc) is 3.11. The van der Waals surface area contributed by atoms with Gasteiger partial charge in [-0.05, 0) is 51.4 Å². The third-order valence-corrected chi connectivity index (χ3v) is 4.88. The molecule has 3 heteroatoms. The van der Waals surface area contributed by atoms with Crippen molar-refractivity contribution in [3.05, 3.63) is 11.5 Å². The molecule has 2 saturated carbocycles. The molecule has 18 heavy (non-hydrogen) atoms. The van der Waals surface area contributed by atoms with Crippen LogP contribution >= 0.6 is 0 Å². The van der Waals surface area contributed by atoms with E-state index < -0.39 is 0 Å². The molecule has 2 fully saturated rings. The van der Waals surface area contributed by atoms with E-state index in [-0.39, 0.29) is 11.2 Å². The number of allylic oxidation sites excluding steroid dienone is 2. The van der Waals surface area contributed by atoms with E-state index in [2.05, 4.69) is 11.9 Å².